The van der Waals surface area contributed by atoms with E-state index in [9.17, 15) is 0 Å². The maximum atomic E-state index is 5.62. The monoisotopic (exact) mass is 250 g/mol. The van der Waals surface area contributed by atoms with E-state index < -0.39 is 0 Å². The van der Waals surface area contributed by atoms with Crippen LogP contribution < -0.4 is 11.3 Å². The van der Waals surface area contributed by atoms with Gasteiger partial charge in [-0.05, 0) is 30.9 Å². The molecule has 4 nitrogen and oxygen atoms in total. The summed E-state index contributed by atoms with van der Waals surface area (Å²) in [5.41, 5.74) is 5.15. The molecule has 0 aliphatic heterocycles. The first-order valence-corrected chi connectivity index (χ1v) is 6.55. The van der Waals surface area contributed by atoms with Crippen molar-refractivity contribution in [2.24, 2.45) is 12.9 Å². The number of rotatable bonds is 5. The van der Waals surface area contributed by atoms with Crippen LogP contribution >= 0.6 is 11.3 Å². The zero-order valence-electron chi connectivity index (χ0n) is 10.2. The second-order valence-corrected chi connectivity index (χ2v) is 5.28. The Morgan fingerprint density at radius 2 is 2.35 bits per heavy atom. The first-order valence-electron chi connectivity index (χ1n) is 5.67. The lowest BCUT2D eigenvalue weighted by Crippen LogP contribution is -2.38. The fraction of sp³-hybridized carbons (Fsp3) is 0.417. The van der Waals surface area contributed by atoms with E-state index in [0.717, 1.165) is 18.5 Å². The number of nitrogens with two attached hydrogens (primary N) is 1. The first-order chi connectivity index (χ1) is 8.19. The van der Waals surface area contributed by atoms with Crippen molar-refractivity contribution in [3.63, 3.8) is 0 Å². The molecule has 0 aromatic carbocycles. The lowest BCUT2D eigenvalue weighted by molar-refractivity contribution is 0.508. The predicted octanol–water partition coefficient (Wildman–Crippen LogP) is 1.41. The number of hydrogen-bond donors (Lipinski definition) is 2. The summed E-state index contributed by atoms with van der Waals surface area (Å²) in [5, 5.41) is 6.44. The van der Waals surface area contributed by atoms with Crippen LogP contribution in [0.5, 0.6) is 0 Å². The van der Waals surface area contributed by atoms with Crippen molar-refractivity contribution in [2.45, 2.75) is 25.8 Å². The Balaban J connectivity index is 2.02. The summed E-state index contributed by atoms with van der Waals surface area (Å²) < 4.78 is 1.92. The van der Waals surface area contributed by atoms with Crippen molar-refractivity contribution >= 4 is 11.3 Å². The zero-order chi connectivity index (χ0) is 12.3. The number of aromatic nitrogens is 2. The summed E-state index contributed by atoms with van der Waals surface area (Å²) in [7, 11) is 1.97. The Kier molecular flexibility index (Phi) is 3.93. The van der Waals surface area contributed by atoms with Gasteiger partial charge in [0.2, 0.25) is 0 Å². The quantitative estimate of drug-likeness (QED) is 0.623. The van der Waals surface area contributed by atoms with Crippen LogP contribution in [0.3, 0.4) is 0 Å². The minimum Gasteiger partial charge on any atom is -0.272 e. The van der Waals surface area contributed by atoms with Crippen LogP contribution in [0.2, 0.25) is 0 Å². The number of nitrogens with zero attached hydrogens (tertiary/aromatic N) is 2. The first kappa shape index (κ1) is 12.3. The molecule has 1 atom stereocenters. The largest absolute Gasteiger partial charge is 0.272 e. The Morgan fingerprint density at radius 1 is 1.53 bits per heavy atom. The van der Waals surface area contributed by atoms with Gasteiger partial charge in [-0.15, -0.1) is 11.3 Å². The van der Waals surface area contributed by atoms with E-state index in [2.05, 4.69) is 34.1 Å². The van der Waals surface area contributed by atoms with E-state index in [1.165, 1.54) is 10.6 Å². The van der Waals surface area contributed by atoms with Gasteiger partial charge in [0.25, 0.3) is 0 Å². The van der Waals surface area contributed by atoms with Crippen LogP contribution in [-0.4, -0.2) is 15.8 Å². The number of aryl methyl sites for hydroxylation is 2. The Hall–Kier alpha value is -1.17. The second-order valence-electron chi connectivity index (χ2n) is 4.25. The number of thiophene rings is 1. The van der Waals surface area contributed by atoms with Crippen LogP contribution in [0.1, 0.15) is 16.3 Å². The number of hydrogen-bond acceptors (Lipinski definition) is 4. The molecule has 0 aliphatic carbocycles. The van der Waals surface area contributed by atoms with Gasteiger partial charge in [-0.25, -0.2) is 0 Å². The van der Waals surface area contributed by atoms with E-state index in [0.29, 0.717) is 0 Å². The molecule has 0 spiro atoms. The van der Waals surface area contributed by atoms with E-state index in [4.69, 9.17) is 5.84 Å². The molecule has 2 aromatic rings. The van der Waals surface area contributed by atoms with E-state index >= 15 is 0 Å². The third kappa shape index (κ3) is 3.15. The molecule has 17 heavy (non-hydrogen) atoms. The van der Waals surface area contributed by atoms with Crippen LogP contribution in [0.25, 0.3) is 0 Å². The van der Waals surface area contributed by atoms with E-state index in [1.54, 1.807) is 11.3 Å². The normalized spacial score (nSPS) is 12.9. The Labute approximate surface area is 105 Å². The van der Waals surface area contributed by atoms with Gasteiger partial charge in [0, 0.05) is 30.1 Å². The third-order valence-corrected chi connectivity index (χ3v) is 3.72. The highest BCUT2D eigenvalue weighted by Gasteiger charge is 2.12. The highest BCUT2D eigenvalue weighted by Crippen LogP contribution is 2.13. The smallest absolute Gasteiger partial charge is 0.0596 e. The molecule has 0 bridgehead atoms. The van der Waals surface area contributed by atoms with E-state index in [1.807, 2.05) is 18.7 Å². The SMILES string of the molecule is Cc1cc(CC(Cc2cccs2)NN)n(C)n1. The number of hydrazine groups is 1. The molecule has 0 radical (unpaired) electrons. The highest BCUT2D eigenvalue weighted by molar-refractivity contribution is 7.09. The molecule has 2 aromatic heterocycles. The van der Waals surface area contributed by atoms with Crippen LogP contribution in [-0.2, 0) is 19.9 Å². The standard InChI is InChI=1S/C12H18N4S/c1-9-6-11(16(2)15-9)7-10(14-13)8-12-4-3-5-17-12/h3-6,10,14H,7-8,13H2,1-2H3. The predicted molar refractivity (Wildman–Crippen MR) is 70.8 cm³/mol. The third-order valence-electron chi connectivity index (χ3n) is 2.82. The summed E-state index contributed by atoms with van der Waals surface area (Å²) in [4.78, 5) is 1.35. The lowest BCUT2D eigenvalue weighted by Gasteiger charge is -2.14. The van der Waals surface area contributed by atoms with Crippen molar-refractivity contribution < 1.29 is 0 Å². The molecule has 5 heteroatoms. The van der Waals surface area contributed by atoms with Crippen molar-refractivity contribution in [2.75, 3.05) is 0 Å². The molecule has 0 amide bonds. The van der Waals surface area contributed by atoms with Crippen molar-refractivity contribution in [3.8, 4) is 0 Å². The van der Waals surface area contributed by atoms with Crippen molar-refractivity contribution in [3.05, 3.63) is 39.8 Å². The van der Waals surface area contributed by atoms with Gasteiger partial charge in [-0.1, -0.05) is 6.07 Å². The molecule has 0 fully saturated rings. The fourth-order valence-corrected chi connectivity index (χ4v) is 2.76. The summed E-state index contributed by atoms with van der Waals surface area (Å²) in [6.07, 6.45) is 1.85. The topological polar surface area (TPSA) is 55.9 Å². The molecule has 3 N–H and O–H groups in total. The van der Waals surface area contributed by atoms with Crippen molar-refractivity contribution in [1.29, 1.82) is 0 Å². The van der Waals surface area contributed by atoms with Gasteiger partial charge in [-0.2, -0.15) is 5.10 Å². The average Bonchev–Trinajstić information content (AvgIpc) is 2.88. The molecular weight excluding hydrogens is 232 g/mol. The fourth-order valence-electron chi connectivity index (χ4n) is 1.97. The minimum atomic E-state index is 0.253. The Morgan fingerprint density at radius 3 is 2.88 bits per heavy atom. The average molecular weight is 250 g/mol. The molecule has 2 heterocycles. The van der Waals surface area contributed by atoms with Gasteiger partial charge in [-0.3, -0.25) is 16.0 Å². The molecule has 92 valence electrons. The second kappa shape index (κ2) is 5.44. The molecule has 2 rings (SSSR count). The highest BCUT2D eigenvalue weighted by atomic mass is 32.1. The van der Waals surface area contributed by atoms with Crippen LogP contribution in [0.4, 0.5) is 0 Å². The zero-order valence-corrected chi connectivity index (χ0v) is 11.0. The summed E-state index contributed by atoms with van der Waals surface area (Å²) >= 11 is 1.77. The van der Waals surface area contributed by atoms with Gasteiger partial charge >= 0.3 is 0 Å². The molecule has 0 saturated carbocycles. The van der Waals surface area contributed by atoms with Crippen LogP contribution in [0, 0.1) is 6.92 Å². The van der Waals surface area contributed by atoms with E-state index in [-0.39, 0.29) is 6.04 Å². The molecule has 0 saturated heterocycles. The van der Waals surface area contributed by atoms with Gasteiger partial charge in [0.05, 0.1) is 5.69 Å². The molecular formula is C12H18N4S. The van der Waals surface area contributed by atoms with Crippen LogP contribution in [0.15, 0.2) is 23.6 Å². The number of nitrogens with one attached hydrogen (secondary N) is 1. The maximum absolute atomic E-state index is 5.62. The summed E-state index contributed by atoms with van der Waals surface area (Å²) in [6.45, 7) is 2.01. The summed E-state index contributed by atoms with van der Waals surface area (Å²) in [5.74, 6) is 5.62. The lowest BCUT2D eigenvalue weighted by atomic mass is 10.1. The van der Waals surface area contributed by atoms with Gasteiger partial charge < -0.3 is 0 Å². The van der Waals surface area contributed by atoms with Gasteiger partial charge in [0.15, 0.2) is 0 Å². The van der Waals surface area contributed by atoms with Crippen molar-refractivity contribution in [1.82, 2.24) is 15.2 Å². The maximum Gasteiger partial charge on any atom is 0.0596 e. The summed E-state index contributed by atoms with van der Waals surface area (Å²) in [6, 6.07) is 6.58. The molecule has 1 unspecified atom stereocenters. The Bertz CT molecular complexity index is 461. The van der Waals surface area contributed by atoms with Gasteiger partial charge in [0.1, 0.15) is 0 Å². The molecule has 0 aliphatic rings. The minimum absolute atomic E-state index is 0.253.